The summed E-state index contributed by atoms with van der Waals surface area (Å²) >= 11 is 0. The molecular formula is C18H21N3O2. The zero-order valence-electron chi connectivity index (χ0n) is 13.3. The van der Waals surface area contributed by atoms with E-state index in [1.807, 2.05) is 12.1 Å². The fourth-order valence-corrected chi connectivity index (χ4v) is 2.83. The maximum Gasteiger partial charge on any atom is 0.261 e. The summed E-state index contributed by atoms with van der Waals surface area (Å²) in [5.41, 5.74) is 2.40. The molecule has 23 heavy (non-hydrogen) atoms. The molecule has 0 spiro atoms. The van der Waals surface area contributed by atoms with E-state index >= 15 is 0 Å². The minimum Gasteiger partial charge on any atom is -0.480 e. The lowest BCUT2D eigenvalue weighted by Crippen LogP contribution is -2.29. The average molecular weight is 311 g/mol. The SMILES string of the molecule is COc1ncccc1C(=O)Nc1ccc(N2CCCCC2)cc1. The number of hydrogen-bond acceptors (Lipinski definition) is 4. The zero-order valence-corrected chi connectivity index (χ0v) is 13.3. The lowest BCUT2D eigenvalue weighted by molar-refractivity contribution is 0.102. The van der Waals surface area contributed by atoms with Gasteiger partial charge < -0.3 is 15.0 Å². The van der Waals surface area contributed by atoms with Crippen molar-refractivity contribution < 1.29 is 9.53 Å². The van der Waals surface area contributed by atoms with Gasteiger partial charge in [-0.05, 0) is 55.7 Å². The first-order chi connectivity index (χ1) is 11.3. The maximum atomic E-state index is 12.3. The molecular weight excluding hydrogens is 290 g/mol. The summed E-state index contributed by atoms with van der Waals surface area (Å²) in [6.07, 6.45) is 5.42. The number of nitrogens with one attached hydrogen (secondary N) is 1. The number of carbonyl (C=O) groups is 1. The molecule has 2 heterocycles. The van der Waals surface area contributed by atoms with Crippen molar-refractivity contribution in [1.82, 2.24) is 4.98 Å². The number of anilines is 2. The van der Waals surface area contributed by atoms with E-state index in [-0.39, 0.29) is 5.91 Å². The number of hydrogen-bond donors (Lipinski definition) is 1. The second-order valence-electron chi connectivity index (χ2n) is 5.61. The van der Waals surface area contributed by atoms with Crippen molar-refractivity contribution in [2.75, 3.05) is 30.4 Å². The van der Waals surface area contributed by atoms with Gasteiger partial charge in [0.15, 0.2) is 0 Å². The van der Waals surface area contributed by atoms with Crippen LogP contribution < -0.4 is 15.0 Å². The van der Waals surface area contributed by atoms with Crippen molar-refractivity contribution in [3.8, 4) is 5.88 Å². The van der Waals surface area contributed by atoms with Gasteiger partial charge >= 0.3 is 0 Å². The van der Waals surface area contributed by atoms with E-state index in [4.69, 9.17) is 4.74 Å². The van der Waals surface area contributed by atoms with Gasteiger partial charge in [0.2, 0.25) is 5.88 Å². The first kappa shape index (κ1) is 15.3. The summed E-state index contributed by atoms with van der Waals surface area (Å²) in [6.45, 7) is 2.22. The van der Waals surface area contributed by atoms with Crippen LogP contribution in [-0.4, -0.2) is 31.1 Å². The summed E-state index contributed by atoms with van der Waals surface area (Å²) in [4.78, 5) is 18.8. The molecule has 1 aromatic heterocycles. The van der Waals surface area contributed by atoms with Gasteiger partial charge in [0.05, 0.1) is 7.11 Å². The van der Waals surface area contributed by atoms with Crippen molar-refractivity contribution in [2.24, 2.45) is 0 Å². The van der Waals surface area contributed by atoms with Gasteiger partial charge in [0, 0.05) is 30.7 Å². The Morgan fingerprint density at radius 3 is 2.57 bits per heavy atom. The average Bonchev–Trinajstić information content (AvgIpc) is 2.63. The summed E-state index contributed by atoms with van der Waals surface area (Å²) in [5, 5.41) is 2.89. The van der Waals surface area contributed by atoms with Crippen LogP contribution in [0.4, 0.5) is 11.4 Å². The van der Waals surface area contributed by atoms with E-state index in [9.17, 15) is 4.79 Å². The number of amides is 1. The molecule has 1 aliphatic heterocycles. The highest BCUT2D eigenvalue weighted by molar-refractivity contribution is 6.05. The molecule has 0 unspecified atom stereocenters. The maximum absolute atomic E-state index is 12.3. The quantitative estimate of drug-likeness (QED) is 0.941. The first-order valence-electron chi connectivity index (χ1n) is 7.93. The largest absolute Gasteiger partial charge is 0.480 e. The Bertz CT molecular complexity index is 664. The molecule has 2 aromatic rings. The predicted octanol–water partition coefficient (Wildman–Crippen LogP) is 3.33. The van der Waals surface area contributed by atoms with Crippen molar-refractivity contribution in [2.45, 2.75) is 19.3 Å². The minimum atomic E-state index is -0.222. The summed E-state index contributed by atoms with van der Waals surface area (Å²) < 4.78 is 5.12. The Hall–Kier alpha value is -2.56. The van der Waals surface area contributed by atoms with Gasteiger partial charge in [-0.25, -0.2) is 4.98 Å². The molecule has 1 fully saturated rings. The second-order valence-corrected chi connectivity index (χ2v) is 5.61. The van der Waals surface area contributed by atoms with Gasteiger partial charge in [-0.3, -0.25) is 4.79 Å². The van der Waals surface area contributed by atoms with Gasteiger partial charge in [0.25, 0.3) is 5.91 Å². The van der Waals surface area contributed by atoms with Crippen LogP contribution in [0.5, 0.6) is 5.88 Å². The Morgan fingerprint density at radius 2 is 1.87 bits per heavy atom. The highest BCUT2D eigenvalue weighted by Crippen LogP contribution is 2.22. The summed E-state index contributed by atoms with van der Waals surface area (Å²) in [6, 6.07) is 11.4. The monoisotopic (exact) mass is 311 g/mol. The van der Waals surface area contributed by atoms with Gasteiger partial charge in [0.1, 0.15) is 5.56 Å². The molecule has 5 nitrogen and oxygen atoms in total. The fourth-order valence-electron chi connectivity index (χ4n) is 2.83. The fraction of sp³-hybridized carbons (Fsp3) is 0.333. The molecule has 1 saturated heterocycles. The molecule has 0 radical (unpaired) electrons. The number of benzene rings is 1. The third kappa shape index (κ3) is 3.62. The molecule has 3 rings (SSSR count). The van der Waals surface area contributed by atoms with E-state index in [0.717, 1.165) is 18.8 Å². The Morgan fingerprint density at radius 1 is 1.13 bits per heavy atom. The number of pyridine rings is 1. The standard InChI is InChI=1S/C18H21N3O2/c1-23-18-16(6-5-11-19-18)17(22)20-14-7-9-15(10-8-14)21-12-3-2-4-13-21/h5-11H,2-4,12-13H2,1H3,(H,20,22). The van der Waals surface area contributed by atoms with Crippen LogP contribution in [0.25, 0.3) is 0 Å². The van der Waals surface area contributed by atoms with Crippen molar-refractivity contribution >= 4 is 17.3 Å². The molecule has 120 valence electrons. The molecule has 1 aromatic carbocycles. The van der Waals surface area contributed by atoms with Crippen LogP contribution in [0.15, 0.2) is 42.6 Å². The molecule has 0 aliphatic carbocycles. The van der Waals surface area contributed by atoms with Crippen molar-refractivity contribution in [3.05, 3.63) is 48.2 Å². The third-order valence-electron chi connectivity index (χ3n) is 4.06. The minimum absolute atomic E-state index is 0.222. The molecule has 0 saturated carbocycles. The van der Waals surface area contributed by atoms with Crippen LogP contribution in [0.1, 0.15) is 29.6 Å². The van der Waals surface area contributed by atoms with Gasteiger partial charge in [-0.15, -0.1) is 0 Å². The van der Waals surface area contributed by atoms with E-state index < -0.39 is 0 Å². The van der Waals surface area contributed by atoms with Crippen LogP contribution in [0, 0.1) is 0 Å². The lowest BCUT2D eigenvalue weighted by atomic mass is 10.1. The van der Waals surface area contributed by atoms with Crippen molar-refractivity contribution in [1.29, 1.82) is 0 Å². The van der Waals surface area contributed by atoms with E-state index in [1.165, 1.54) is 32.1 Å². The molecule has 1 aliphatic rings. The van der Waals surface area contributed by atoms with Gasteiger partial charge in [-0.2, -0.15) is 0 Å². The number of nitrogens with zero attached hydrogens (tertiary/aromatic N) is 2. The number of aromatic nitrogens is 1. The van der Waals surface area contributed by atoms with Crippen LogP contribution in [-0.2, 0) is 0 Å². The first-order valence-corrected chi connectivity index (χ1v) is 7.93. The Kier molecular flexibility index (Phi) is 4.76. The molecule has 0 bridgehead atoms. The van der Waals surface area contributed by atoms with Crippen LogP contribution in [0.2, 0.25) is 0 Å². The third-order valence-corrected chi connectivity index (χ3v) is 4.06. The zero-order chi connectivity index (χ0) is 16.1. The van der Waals surface area contributed by atoms with E-state index in [0.29, 0.717) is 11.4 Å². The number of carbonyl (C=O) groups excluding carboxylic acids is 1. The van der Waals surface area contributed by atoms with Crippen LogP contribution >= 0.6 is 0 Å². The molecule has 0 atom stereocenters. The van der Waals surface area contributed by atoms with E-state index in [2.05, 4.69) is 27.3 Å². The van der Waals surface area contributed by atoms with Crippen LogP contribution in [0.3, 0.4) is 0 Å². The number of methoxy groups -OCH3 is 1. The van der Waals surface area contributed by atoms with Gasteiger partial charge in [-0.1, -0.05) is 0 Å². The number of ether oxygens (including phenoxy) is 1. The number of piperidine rings is 1. The normalized spacial score (nSPS) is 14.4. The molecule has 5 heteroatoms. The Balaban J connectivity index is 1.69. The lowest BCUT2D eigenvalue weighted by Gasteiger charge is -2.28. The highest BCUT2D eigenvalue weighted by Gasteiger charge is 2.14. The predicted molar refractivity (Wildman–Crippen MR) is 91.2 cm³/mol. The highest BCUT2D eigenvalue weighted by atomic mass is 16.5. The molecule has 1 amide bonds. The second kappa shape index (κ2) is 7.13. The summed E-state index contributed by atoms with van der Waals surface area (Å²) in [7, 11) is 1.51. The summed E-state index contributed by atoms with van der Waals surface area (Å²) in [5.74, 6) is 0.107. The van der Waals surface area contributed by atoms with Crippen molar-refractivity contribution in [3.63, 3.8) is 0 Å². The van der Waals surface area contributed by atoms with E-state index in [1.54, 1.807) is 18.3 Å². The molecule has 1 N–H and O–H groups in total. The smallest absolute Gasteiger partial charge is 0.261 e. The Labute approximate surface area is 136 Å². The topological polar surface area (TPSA) is 54.5 Å². The number of rotatable bonds is 4.